The fourth-order valence-corrected chi connectivity index (χ4v) is 1.53. The molecule has 0 aliphatic rings. The maximum Gasteiger partial charge on any atom is 0.160 e. The van der Waals surface area contributed by atoms with Gasteiger partial charge in [0.1, 0.15) is 5.82 Å². The van der Waals surface area contributed by atoms with Crippen molar-refractivity contribution >= 4 is 0 Å². The van der Waals surface area contributed by atoms with E-state index in [-0.39, 0.29) is 0 Å². The van der Waals surface area contributed by atoms with Crippen LogP contribution in [0.25, 0.3) is 0 Å². The normalized spacial score (nSPS) is 10.8. The van der Waals surface area contributed by atoms with Crippen molar-refractivity contribution in [2.45, 2.75) is 46.6 Å². The van der Waals surface area contributed by atoms with Gasteiger partial charge in [-0.3, -0.25) is 0 Å². The number of ether oxygens (including phenoxy) is 1. The Bertz CT molecular complexity index is 416. The number of hydrogen-bond acceptors (Lipinski definition) is 4. The average molecular weight is 263 g/mol. The molecule has 0 fully saturated rings. The first-order valence-corrected chi connectivity index (χ1v) is 6.88. The largest absolute Gasteiger partial charge is 0.490 e. The van der Waals surface area contributed by atoms with Crippen LogP contribution in [0.4, 0.5) is 0 Å². The zero-order valence-corrected chi connectivity index (χ0v) is 12.5. The van der Waals surface area contributed by atoms with E-state index in [4.69, 9.17) is 4.74 Å². The van der Waals surface area contributed by atoms with Gasteiger partial charge in [0.15, 0.2) is 5.75 Å². The third-order valence-electron chi connectivity index (χ3n) is 2.69. The molecular weight excluding hydrogens is 238 g/mol. The van der Waals surface area contributed by atoms with E-state index in [1.807, 2.05) is 6.92 Å². The van der Waals surface area contributed by atoms with E-state index in [0.29, 0.717) is 19.1 Å². The molecule has 0 radical (unpaired) electrons. The summed E-state index contributed by atoms with van der Waals surface area (Å²) in [5.74, 6) is 1.96. The lowest BCUT2D eigenvalue weighted by molar-refractivity contribution is 0.313. The Hall–Kier alpha value is -1.42. The van der Waals surface area contributed by atoms with Gasteiger partial charge in [0.2, 0.25) is 0 Å². The van der Waals surface area contributed by atoms with Crippen molar-refractivity contribution in [3.8, 4) is 5.75 Å². The molecule has 0 aliphatic carbocycles. The monoisotopic (exact) mass is 263 g/mol. The molecule has 0 spiro atoms. The van der Waals surface area contributed by atoms with Crippen LogP contribution in [0.1, 0.15) is 51.6 Å². The molecule has 1 aromatic rings. The lowest BCUT2D eigenvalue weighted by Gasteiger charge is -2.13. The van der Waals surface area contributed by atoms with Gasteiger partial charge in [0, 0.05) is 18.9 Å². The van der Waals surface area contributed by atoms with Gasteiger partial charge < -0.3 is 10.1 Å². The lowest BCUT2D eigenvalue weighted by Crippen LogP contribution is -2.16. The van der Waals surface area contributed by atoms with Gasteiger partial charge in [-0.05, 0) is 13.5 Å². The number of nitrogens with one attached hydrogen (secondary N) is 1. The summed E-state index contributed by atoms with van der Waals surface area (Å²) in [6.07, 6.45) is 2.64. The van der Waals surface area contributed by atoms with Gasteiger partial charge in [-0.2, -0.15) is 0 Å². The molecule has 0 saturated heterocycles. The molecule has 1 rings (SSSR count). The highest BCUT2D eigenvalue weighted by molar-refractivity contribution is 5.25. The van der Waals surface area contributed by atoms with E-state index in [1.165, 1.54) is 0 Å². The second-order valence-corrected chi connectivity index (χ2v) is 5.03. The standard InChI is InChI=1S/C15H25N3O/c1-6-16-9-13-14(19-8-7-11(2)3)10-17-15(18-13)12(4)5/h10,12,16H,2,6-9H2,1,3-5H3. The van der Waals surface area contributed by atoms with Gasteiger partial charge in [0.05, 0.1) is 18.5 Å². The second-order valence-electron chi connectivity index (χ2n) is 5.03. The van der Waals surface area contributed by atoms with E-state index in [1.54, 1.807) is 6.20 Å². The topological polar surface area (TPSA) is 47.0 Å². The molecule has 4 nitrogen and oxygen atoms in total. The zero-order chi connectivity index (χ0) is 14.3. The van der Waals surface area contributed by atoms with Crippen molar-refractivity contribution in [2.24, 2.45) is 0 Å². The summed E-state index contributed by atoms with van der Waals surface area (Å²) in [7, 11) is 0. The summed E-state index contributed by atoms with van der Waals surface area (Å²) in [6, 6.07) is 0. The third-order valence-corrected chi connectivity index (χ3v) is 2.69. The van der Waals surface area contributed by atoms with Crippen molar-refractivity contribution in [3.05, 3.63) is 29.9 Å². The molecule has 1 aromatic heterocycles. The number of rotatable bonds is 8. The molecule has 0 unspecified atom stereocenters. The van der Waals surface area contributed by atoms with E-state index < -0.39 is 0 Å². The summed E-state index contributed by atoms with van der Waals surface area (Å²) >= 11 is 0. The third kappa shape index (κ3) is 5.39. The summed E-state index contributed by atoms with van der Waals surface area (Å²) in [4.78, 5) is 8.94. The van der Waals surface area contributed by atoms with E-state index in [9.17, 15) is 0 Å². The Kier molecular flexibility index (Phi) is 6.50. The molecule has 0 saturated carbocycles. The molecule has 0 aromatic carbocycles. The first-order valence-electron chi connectivity index (χ1n) is 6.88. The van der Waals surface area contributed by atoms with Gasteiger partial charge in [-0.15, -0.1) is 6.58 Å². The highest BCUT2D eigenvalue weighted by atomic mass is 16.5. The van der Waals surface area contributed by atoms with Crippen LogP contribution in [0, 0.1) is 0 Å². The first kappa shape index (κ1) is 15.6. The minimum Gasteiger partial charge on any atom is -0.490 e. The highest BCUT2D eigenvalue weighted by Crippen LogP contribution is 2.19. The van der Waals surface area contributed by atoms with Crippen molar-refractivity contribution in [1.29, 1.82) is 0 Å². The van der Waals surface area contributed by atoms with Crippen LogP contribution in [-0.4, -0.2) is 23.1 Å². The summed E-state index contributed by atoms with van der Waals surface area (Å²) < 4.78 is 5.75. The summed E-state index contributed by atoms with van der Waals surface area (Å²) in [5.41, 5.74) is 2.05. The SMILES string of the molecule is C=C(C)CCOc1cnc(C(C)C)nc1CNCC. The van der Waals surface area contributed by atoms with E-state index in [2.05, 4.69) is 42.6 Å². The van der Waals surface area contributed by atoms with E-state index >= 15 is 0 Å². The predicted molar refractivity (Wildman–Crippen MR) is 78.4 cm³/mol. The Labute approximate surface area is 116 Å². The average Bonchev–Trinajstić information content (AvgIpc) is 2.36. The maximum atomic E-state index is 5.75. The lowest BCUT2D eigenvalue weighted by atomic mass is 10.2. The fraction of sp³-hybridized carbons (Fsp3) is 0.600. The van der Waals surface area contributed by atoms with Crippen LogP contribution in [0.2, 0.25) is 0 Å². The van der Waals surface area contributed by atoms with Gasteiger partial charge in [-0.1, -0.05) is 26.3 Å². The smallest absolute Gasteiger partial charge is 0.160 e. The van der Waals surface area contributed by atoms with Crippen LogP contribution in [0.15, 0.2) is 18.3 Å². The molecule has 1 N–H and O–H groups in total. The van der Waals surface area contributed by atoms with Crippen LogP contribution in [0.5, 0.6) is 5.75 Å². The Morgan fingerprint density at radius 1 is 1.47 bits per heavy atom. The molecule has 0 atom stereocenters. The Morgan fingerprint density at radius 3 is 2.79 bits per heavy atom. The van der Waals surface area contributed by atoms with Crippen molar-refractivity contribution in [2.75, 3.05) is 13.2 Å². The highest BCUT2D eigenvalue weighted by Gasteiger charge is 2.10. The molecule has 0 aliphatic heterocycles. The molecular formula is C15H25N3O. The maximum absolute atomic E-state index is 5.75. The van der Waals surface area contributed by atoms with Gasteiger partial charge in [-0.25, -0.2) is 9.97 Å². The van der Waals surface area contributed by atoms with Gasteiger partial charge >= 0.3 is 0 Å². The Balaban J connectivity index is 2.79. The molecule has 106 valence electrons. The molecule has 0 bridgehead atoms. The summed E-state index contributed by atoms with van der Waals surface area (Å²) in [5, 5.41) is 3.28. The van der Waals surface area contributed by atoms with Crippen LogP contribution < -0.4 is 10.1 Å². The van der Waals surface area contributed by atoms with E-state index in [0.717, 1.165) is 35.8 Å². The van der Waals surface area contributed by atoms with Crippen LogP contribution >= 0.6 is 0 Å². The summed E-state index contributed by atoms with van der Waals surface area (Å²) in [6.45, 7) is 14.4. The van der Waals surface area contributed by atoms with Crippen LogP contribution in [0.3, 0.4) is 0 Å². The minimum absolute atomic E-state index is 0.324. The van der Waals surface area contributed by atoms with Gasteiger partial charge in [0.25, 0.3) is 0 Å². The van der Waals surface area contributed by atoms with Crippen molar-refractivity contribution in [3.63, 3.8) is 0 Å². The number of hydrogen-bond donors (Lipinski definition) is 1. The molecule has 4 heteroatoms. The van der Waals surface area contributed by atoms with Crippen molar-refractivity contribution < 1.29 is 4.74 Å². The van der Waals surface area contributed by atoms with Crippen LogP contribution in [-0.2, 0) is 6.54 Å². The Morgan fingerprint density at radius 2 is 2.21 bits per heavy atom. The predicted octanol–water partition coefficient (Wildman–Crippen LogP) is 3.05. The molecule has 19 heavy (non-hydrogen) atoms. The molecule has 0 amide bonds. The first-order chi connectivity index (χ1) is 9.04. The number of nitrogens with zero attached hydrogens (tertiary/aromatic N) is 2. The minimum atomic E-state index is 0.324. The molecule has 1 heterocycles. The quantitative estimate of drug-likeness (QED) is 0.732. The van der Waals surface area contributed by atoms with Crippen molar-refractivity contribution in [1.82, 2.24) is 15.3 Å². The number of aromatic nitrogens is 2. The second kappa shape index (κ2) is 7.89. The fourth-order valence-electron chi connectivity index (χ4n) is 1.53. The zero-order valence-electron chi connectivity index (χ0n) is 12.5.